The molecule has 0 bridgehead atoms. The smallest absolute Gasteiger partial charge is 0.227 e. The minimum Gasteiger partial charge on any atom is -0.353 e. The number of amides is 1. The van der Waals surface area contributed by atoms with Gasteiger partial charge in [0, 0.05) is 50.7 Å². The Morgan fingerprint density at radius 3 is 2.52 bits per heavy atom. The second-order valence-corrected chi connectivity index (χ2v) is 6.88. The van der Waals surface area contributed by atoms with Crippen LogP contribution in [0.25, 0.3) is 5.82 Å². The molecule has 150 valence electrons. The van der Waals surface area contributed by atoms with Crippen LogP contribution in [-0.2, 0) is 11.2 Å². The van der Waals surface area contributed by atoms with Crippen molar-refractivity contribution >= 4 is 11.7 Å². The molecule has 0 N–H and O–H groups in total. The topological polar surface area (TPSA) is 67.2 Å². The number of carbonyl (C=O) groups is 1. The zero-order valence-corrected chi connectivity index (χ0v) is 15.9. The lowest BCUT2D eigenvalue weighted by Gasteiger charge is -2.35. The van der Waals surface area contributed by atoms with Crippen LogP contribution in [0.2, 0.25) is 0 Å². The number of hydrogen-bond acceptors (Lipinski definition) is 5. The van der Waals surface area contributed by atoms with Crippen LogP contribution in [0, 0.1) is 18.6 Å². The molecule has 4 rings (SSSR count). The Labute approximate surface area is 166 Å². The quantitative estimate of drug-likeness (QED) is 0.674. The first kappa shape index (κ1) is 19.0. The molecule has 1 saturated heterocycles. The lowest BCUT2D eigenvalue weighted by atomic mass is 10.1. The van der Waals surface area contributed by atoms with Gasteiger partial charge < -0.3 is 9.80 Å². The normalized spacial score (nSPS) is 14.3. The van der Waals surface area contributed by atoms with E-state index < -0.39 is 11.6 Å². The van der Waals surface area contributed by atoms with Gasteiger partial charge in [0.05, 0.1) is 6.42 Å². The van der Waals surface area contributed by atoms with E-state index in [-0.39, 0.29) is 17.9 Å². The number of aromatic nitrogens is 4. The number of piperazine rings is 1. The molecule has 0 saturated carbocycles. The fourth-order valence-electron chi connectivity index (χ4n) is 3.35. The Morgan fingerprint density at radius 2 is 1.83 bits per heavy atom. The van der Waals surface area contributed by atoms with Gasteiger partial charge in [0.15, 0.2) is 0 Å². The van der Waals surface area contributed by atoms with Gasteiger partial charge in [-0.15, -0.1) is 0 Å². The summed E-state index contributed by atoms with van der Waals surface area (Å²) in [5, 5.41) is 0. The van der Waals surface area contributed by atoms with Gasteiger partial charge in [-0.3, -0.25) is 9.36 Å². The van der Waals surface area contributed by atoms with Gasteiger partial charge >= 0.3 is 0 Å². The second kappa shape index (κ2) is 7.94. The molecule has 1 aliphatic rings. The van der Waals surface area contributed by atoms with Crippen molar-refractivity contribution in [2.45, 2.75) is 13.3 Å². The number of hydrogen-bond donors (Lipinski definition) is 0. The SMILES string of the molecule is Cc1nc(N2CCN(C(=O)Cc3ccc(F)cc3F)CC2)cc(-n2ccnc2)n1. The summed E-state index contributed by atoms with van der Waals surface area (Å²) in [7, 11) is 0. The summed E-state index contributed by atoms with van der Waals surface area (Å²) in [6, 6.07) is 5.18. The Hall–Kier alpha value is -3.36. The molecular weight excluding hydrogens is 378 g/mol. The first-order valence-electron chi connectivity index (χ1n) is 9.30. The second-order valence-electron chi connectivity index (χ2n) is 6.88. The van der Waals surface area contributed by atoms with Gasteiger partial charge in [-0.25, -0.2) is 23.7 Å². The predicted molar refractivity (Wildman–Crippen MR) is 103 cm³/mol. The zero-order valence-electron chi connectivity index (χ0n) is 15.9. The monoisotopic (exact) mass is 398 g/mol. The highest BCUT2D eigenvalue weighted by Crippen LogP contribution is 2.18. The molecule has 29 heavy (non-hydrogen) atoms. The Kier molecular flexibility index (Phi) is 5.20. The average Bonchev–Trinajstić information content (AvgIpc) is 3.25. The summed E-state index contributed by atoms with van der Waals surface area (Å²) >= 11 is 0. The van der Waals surface area contributed by atoms with Crippen molar-refractivity contribution in [3.8, 4) is 5.82 Å². The highest BCUT2D eigenvalue weighted by atomic mass is 19.1. The van der Waals surface area contributed by atoms with E-state index in [4.69, 9.17) is 0 Å². The summed E-state index contributed by atoms with van der Waals surface area (Å²) in [4.78, 5) is 29.3. The standard InChI is InChI=1S/C20H20F2N6O/c1-14-24-18(12-19(25-14)28-5-4-23-13-28)26-6-8-27(9-7-26)20(29)10-15-2-3-16(21)11-17(15)22/h2-5,11-13H,6-10H2,1H3. The molecule has 9 heteroatoms. The third kappa shape index (κ3) is 4.23. The van der Waals surface area contributed by atoms with Gasteiger partial charge in [-0.1, -0.05) is 6.07 Å². The summed E-state index contributed by atoms with van der Waals surface area (Å²) in [5.74, 6) is 0.654. The van der Waals surface area contributed by atoms with Crippen LogP contribution in [0.5, 0.6) is 0 Å². The molecule has 0 radical (unpaired) electrons. The van der Waals surface area contributed by atoms with E-state index in [1.165, 1.54) is 12.1 Å². The maximum absolute atomic E-state index is 13.8. The van der Waals surface area contributed by atoms with Gasteiger partial charge in [0.25, 0.3) is 0 Å². The van der Waals surface area contributed by atoms with E-state index in [9.17, 15) is 13.6 Å². The first-order valence-corrected chi connectivity index (χ1v) is 9.30. The third-order valence-electron chi connectivity index (χ3n) is 4.89. The number of rotatable bonds is 4. The molecule has 0 atom stereocenters. The van der Waals surface area contributed by atoms with Crippen molar-refractivity contribution in [1.29, 1.82) is 0 Å². The van der Waals surface area contributed by atoms with E-state index in [1.807, 2.05) is 23.8 Å². The Balaban J connectivity index is 1.41. The Bertz CT molecular complexity index is 1020. The number of imidazole rings is 1. The van der Waals surface area contributed by atoms with Crippen LogP contribution >= 0.6 is 0 Å². The first-order chi connectivity index (χ1) is 14.0. The van der Waals surface area contributed by atoms with Crippen LogP contribution in [0.15, 0.2) is 43.0 Å². The van der Waals surface area contributed by atoms with Crippen LogP contribution in [0.1, 0.15) is 11.4 Å². The number of nitrogens with zero attached hydrogens (tertiary/aromatic N) is 6. The third-order valence-corrected chi connectivity index (χ3v) is 4.89. The lowest BCUT2D eigenvalue weighted by molar-refractivity contribution is -0.130. The van der Waals surface area contributed by atoms with Crippen LogP contribution < -0.4 is 4.90 Å². The molecule has 1 aliphatic heterocycles. The van der Waals surface area contributed by atoms with E-state index in [0.29, 0.717) is 32.0 Å². The molecule has 3 heterocycles. The van der Waals surface area contributed by atoms with Crippen molar-refractivity contribution in [2.24, 2.45) is 0 Å². The lowest BCUT2D eigenvalue weighted by Crippen LogP contribution is -2.49. The van der Waals surface area contributed by atoms with E-state index in [0.717, 1.165) is 17.7 Å². The van der Waals surface area contributed by atoms with Gasteiger partial charge in [0.1, 0.15) is 35.4 Å². The van der Waals surface area contributed by atoms with Gasteiger partial charge in [-0.05, 0) is 18.6 Å². The van der Waals surface area contributed by atoms with E-state index in [1.54, 1.807) is 17.4 Å². The number of carbonyl (C=O) groups excluding carboxylic acids is 1. The number of aryl methyl sites for hydroxylation is 1. The molecule has 2 aromatic heterocycles. The summed E-state index contributed by atoms with van der Waals surface area (Å²) in [6.07, 6.45) is 5.10. The number of halogens is 2. The number of anilines is 1. The van der Waals surface area contributed by atoms with Crippen molar-refractivity contribution < 1.29 is 13.6 Å². The molecule has 1 amide bonds. The predicted octanol–water partition coefficient (Wildman–Crippen LogP) is 2.14. The zero-order chi connectivity index (χ0) is 20.4. The Morgan fingerprint density at radius 1 is 1.07 bits per heavy atom. The minimum atomic E-state index is -0.694. The fraction of sp³-hybridized carbons (Fsp3) is 0.300. The number of benzene rings is 1. The van der Waals surface area contributed by atoms with Gasteiger partial charge in [0.2, 0.25) is 5.91 Å². The average molecular weight is 398 g/mol. The molecular formula is C20H20F2N6O. The summed E-state index contributed by atoms with van der Waals surface area (Å²) in [5.41, 5.74) is 0.204. The maximum Gasteiger partial charge on any atom is 0.227 e. The molecule has 0 spiro atoms. The minimum absolute atomic E-state index is 0.0799. The van der Waals surface area contributed by atoms with Crippen molar-refractivity contribution in [3.05, 3.63) is 66.0 Å². The highest BCUT2D eigenvalue weighted by molar-refractivity contribution is 5.79. The summed E-state index contributed by atoms with van der Waals surface area (Å²) in [6.45, 7) is 4.06. The molecule has 7 nitrogen and oxygen atoms in total. The van der Waals surface area contributed by atoms with Crippen molar-refractivity contribution in [2.75, 3.05) is 31.1 Å². The molecule has 0 aliphatic carbocycles. The van der Waals surface area contributed by atoms with Crippen molar-refractivity contribution in [3.63, 3.8) is 0 Å². The van der Waals surface area contributed by atoms with E-state index in [2.05, 4.69) is 19.9 Å². The molecule has 0 unspecified atom stereocenters. The van der Waals surface area contributed by atoms with Gasteiger partial charge in [-0.2, -0.15) is 0 Å². The highest BCUT2D eigenvalue weighted by Gasteiger charge is 2.23. The fourth-order valence-corrected chi connectivity index (χ4v) is 3.35. The molecule has 1 fully saturated rings. The van der Waals surface area contributed by atoms with Crippen LogP contribution in [0.4, 0.5) is 14.6 Å². The van der Waals surface area contributed by atoms with Crippen LogP contribution in [0.3, 0.4) is 0 Å². The molecule has 1 aromatic carbocycles. The van der Waals surface area contributed by atoms with Crippen molar-refractivity contribution in [1.82, 2.24) is 24.4 Å². The van der Waals surface area contributed by atoms with Crippen LogP contribution in [-0.4, -0.2) is 56.5 Å². The van der Waals surface area contributed by atoms with E-state index >= 15 is 0 Å². The summed E-state index contributed by atoms with van der Waals surface area (Å²) < 4.78 is 28.7. The molecule has 3 aromatic rings. The largest absolute Gasteiger partial charge is 0.353 e. The maximum atomic E-state index is 13.8.